The monoisotopic (exact) mass is 273 g/mol. The molecule has 0 aliphatic carbocycles. The summed E-state index contributed by atoms with van der Waals surface area (Å²) in [5, 5.41) is 0.751. The molecule has 16 heavy (non-hydrogen) atoms. The molecule has 1 aromatic carbocycles. The number of halogens is 2. The third-order valence-electron chi connectivity index (χ3n) is 2.30. The molecule has 2 rings (SSSR count). The Balaban J connectivity index is 0.00000128. The smallest absolute Gasteiger partial charge is 0.0457 e. The van der Waals surface area contributed by atoms with E-state index in [-0.39, 0.29) is 12.4 Å². The predicted octanol–water partition coefficient (Wildman–Crippen LogP) is 4.26. The molecule has 0 aliphatic heterocycles. The SMILES string of the molecule is Cc1ccc(-c2ccc(CN)c(Cl)c2)s1.Cl. The number of thiophene rings is 1. The summed E-state index contributed by atoms with van der Waals surface area (Å²) < 4.78 is 0. The Hall–Kier alpha value is -0.540. The maximum atomic E-state index is 6.11. The number of hydrogen-bond acceptors (Lipinski definition) is 2. The van der Waals surface area contributed by atoms with Crippen molar-refractivity contribution in [2.24, 2.45) is 5.73 Å². The molecule has 0 aliphatic rings. The second-order valence-electron chi connectivity index (χ2n) is 3.42. The summed E-state index contributed by atoms with van der Waals surface area (Å²) in [4.78, 5) is 2.56. The lowest BCUT2D eigenvalue weighted by Gasteiger charge is -2.03. The van der Waals surface area contributed by atoms with Crippen molar-refractivity contribution in [3.05, 3.63) is 45.8 Å². The van der Waals surface area contributed by atoms with Crippen LogP contribution in [-0.4, -0.2) is 0 Å². The van der Waals surface area contributed by atoms with E-state index >= 15 is 0 Å². The fourth-order valence-electron chi connectivity index (χ4n) is 1.46. The lowest BCUT2D eigenvalue weighted by Crippen LogP contribution is -1.96. The molecule has 86 valence electrons. The van der Waals surface area contributed by atoms with E-state index < -0.39 is 0 Å². The van der Waals surface area contributed by atoms with E-state index in [0.29, 0.717) is 6.54 Å². The first-order chi connectivity index (χ1) is 7.20. The molecular formula is C12H13Cl2NS. The van der Waals surface area contributed by atoms with Crippen molar-refractivity contribution in [1.29, 1.82) is 0 Å². The van der Waals surface area contributed by atoms with Crippen LogP contribution in [-0.2, 0) is 6.54 Å². The van der Waals surface area contributed by atoms with E-state index in [1.165, 1.54) is 9.75 Å². The van der Waals surface area contributed by atoms with Gasteiger partial charge in [0.2, 0.25) is 0 Å². The van der Waals surface area contributed by atoms with E-state index in [2.05, 4.69) is 25.1 Å². The van der Waals surface area contributed by atoms with Gasteiger partial charge in [-0.05, 0) is 36.2 Å². The first-order valence-corrected chi connectivity index (χ1v) is 5.95. The molecule has 1 nitrogen and oxygen atoms in total. The summed E-state index contributed by atoms with van der Waals surface area (Å²) in [5.74, 6) is 0. The zero-order valence-corrected chi connectivity index (χ0v) is 11.3. The molecule has 2 aromatic rings. The van der Waals surface area contributed by atoms with Gasteiger partial charge in [-0.3, -0.25) is 0 Å². The van der Waals surface area contributed by atoms with Crippen LogP contribution in [0.1, 0.15) is 10.4 Å². The van der Waals surface area contributed by atoms with Gasteiger partial charge in [0.25, 0.3) is 0 Å². The zero-order chi connectivity index (χ0) is 10.8. The van der Waals surface area contributed by atoms with Gasteiger partial charge >= 0.3 is 0 Å². The Morgan fingerprint density at radius 3 is 2.50 bits per heavy atom. The third kappa shape index (κ3) is 2.77. The maximum Gasteiger partial charge on any atom is 0.0457 e. The molecule has 2 N–H and O–H groups in total. The van der Waals surface area contributed by atoms with Crippen LogP contribution in [0.4, 0.5) is 0 Å². The van der Waals surface area contributed by atoms with Crippen molar-refractivity contribution in [3.63, 3.8) is 0 Å². The Morgan fingerprint density at radius 1 is 1.25 bits per heavy atom. The lowest BCUT2D eigenvalue weighted by atomic mass is 10.1. The zero-order valence-electron chi connectivity index (χ0n) is 8.87. The van der Waals surface area contributed by atoms with Gasteiger partial charge in [-0.2, -0.15) is 0 Å². The van der Waals surface area contributed by atoms with Crippen molar-refractivity contribution in [1.82, 2.24) is 0 Å². The van der Waals surface area contributed by atoms with Gasteiger partial charge in [0.05, 0.1) is 0 Å². The first kappa shape index (κ1) is 13.5. The Morgan fingerprint density at radius 2 is 2.00 bits per heavy atom. The minimum Gasteiger partial charge on any atom is -0.326 e. The summed E-state index contributed by atoms with van der Waals surface area (Å²) in [6.45, 7) is 2.59. The second kappa shape index (κ2) is 5.69. The Bertz CT molecular complexity index is 480. The van der Waals surface area contributed by atoms with E-state index in [9.17, 15) is 0 Å². The molecule has 0 saturated heterocycles. The van der Waals surface area contributed by atoms with Crippen LogP contribution >= 0.6 is 35.3 Å². The van der Waals surface area contributed by atoms with Gasteiger partial charge in [0.15, 0.2) is 0 Å². The van der Waals surface area contributed by atoms with E-state index in [1.807, 2.05) is 12.1 Å². The summed E-state index contributed by atoms with van der Waals surface area (Å²) in [7, 11) is 0. The summed E-state index contributed by atoms with van der Waals surface area (Å²) >= 11 is 7.88. The van der Waals surface area contributed by atoms with Crippen LogP contribution in [0.2, 0.25) is 5.02 Å². The van der Waals surface area contributed by atoms with E-state index in [4.69, 9.17) is 17.3 Å². The molecule has 0 radical (unpaired) electrons. The van der Waals surface area contributed by atoms with Crippen molar-refractivity contribution in [2.75, 3.05) is 0 Å². The highest BCUT2D eigenvalue weighted by molar-refractivity contribution is 7.15. The molecule has 4 heteroatoms. The Labute approximate surface area is 111 Å². The van der Waals surface area contributed by atoms with Gasteiger partial charge < -0.3 is 5.73 Å². The van der Waals surface area contributed by atoms with E-state index in [1.54, 1.807) is 11.3 Å². The number of rotatable bonds is 2. The van der Waals surface area contributed by atoms with Crippen molar-refractivity contribution >= 4 is 35.3 Å². The van der Waals surface area contributed by atoms with Crippen molar-refractivity contribution in [2.45, 2.75) is 13.5 Å². The summed E-state index contributed by atoms with van der Waals surface area (Å²) in [6, 6.07) is 10.3. The van der Waals surface area contributed by atoms with Crippen LogP contribution in [0.25, 0.3) is 10.4 Å². The molecule has 0 amide bonds. The van der Waals surface area contributed by atoms with Crippen LogP contribution in [0.3, 0.4) is 0 Å². The lowest BCUT2D eigenvalue weighted by molar-refractivity contribution is 1.07. The summed E-state index contributed by atoms with van der Waals surface area (Å²) in [5.41, 5.74) is 7.72. The van der Waals surface area contributed by atoms with Crippen LogP contribution in [0.15, 0.2) is 30.3 Å². The number of nitrogens with two attached hydrogens (primary N) is 1. The average molecular weight is 274 g/mol. The summed E-state index contributed by atoms with van der Waals surface area (Å²) in [6.07, 6.45) is 0. The molecule has 0 bridgehead atoms. The van der Waals surface area contributed by atoms with Crippen molar-refractivity contribution < 1.29 is 0 Å². The fraction of sp³-hybridized carbons (Fsp3) is 0.167. The number of hydrogen-bond donors (Lipinski definition) is 1. The van der Waals surface area contributed by atoms with E-state index in [0.717, 1.165) is 16.1 Å². The number of benzene rings is 1. The topological polar surface area (TPSA) is 26.0 Å². The van der Waals surface area contributed by atoms with Gasteiger partial charge in [0.1, 0.15) is 0 Å². The average Bonchev–Trinajstić information content (AvgIpc) is 2.65. The molecular weight excluding hydrogens is 261 g/mol. The fourth-order valence-corrected chi connectivity index (χ4v) is 2.58. The van der Waals surface area contributed by atoms with Gasteiger partial charge in [-0.15, -0.1) is 23.7 Å². The Kier molecular flexibility index (Phi) is 4.81. The molecule has 1 heterocycles. The highest BCUT2D eigenvalue weighted by atomic mass is 35.5. The third-order valence-corrected chi connectivity index (χ3v) is 3.70. The number of aryl methyl sites for hydroxylation is 1. The molecule has 0 saturated carbocycles. The maximum absolute atomic E-state index is 6.11. The molecule has 0 atom stereocenters. The van der Waals surface area contributed by atoms with Crippen molar-refractivity contribution in [3.8, 4) is 10.4 Å². The van der Waals surface area contributed by atoms with Crippen LogP contribution in [0, 0.1) is 6.92 Å². The minimum absolute atomic E-state index is 0. The van der Waals surface area contributed by atoms with Crippen LogP contribution < -0.4 is 5.73 Å². The molecule has 0 spiro atoms. The van der Waals surface area contributed by atoms with Gasteiger partial charge in [-0.25, -0.2) is 0 Å². The van der Waals surface area contributed by atoms with Crippen LogP contribution in [0.5, 0.6) is 0 Å². The normalized spacial score (nSPS) is 9.94. The second-order valence-corrected chi connectivity index (χ2v) is 5.12. The predicted molar refractivity (Wildman–Crippen MR) is 74.6 cm³/mol. The first-order valence-electron chi connectivity index (χ1n) is 4.76. The molecule has 1 aromatic heterocycles. The highest BCUT2D eigenvalue weighted by Crippen LogP contribution is 2.30. The standard InChI is InChI=1S/C12H12ClNS.ClH/c1-8-2-5-12(15-8)9-3-4-10(7-14)11(13)6-9;/h2-6H,7,14H2,1H3;1H. The minimum atomic E-state index is 0. The molecule has 0 fully saturated rings. The van der Waals surface area contributed by atoms with Gasteiger partial charge in [0, 0.05) is 21.3 Å². The quantitative estimate of drug-likeness (QED) is 0.870. The van der Waals surface area contributed by atoms with Gasteiger partial charge in [-0.1, -0.05) is 23.7 Å². The highest BCUT2D eigenvalue weighted by Gasteiger charge is 2.04. The largest absolute Gasteiger partial charge is 0.326 e. The molecule has 0 unspecified atom stereocenters.